The molecule has 1 aromatic carbocycles. The number of hydrogen-bond donors (Lipinski definition) is 1. The SMILES string of the molecule is N#Cc1ccc(COS)cc1. The first-order valence-corrected chi connectivity index (χ1v) is 3.48. The topological polar surface area (TPSA) is 33.0 Å². The molecule has 0 N–H and O–H groups in total. The fourth-order valence-corrected chi connectivity index (χ4v) is 0.899. The zero-order valence-electron chi connectivity index (χ0n) is 5.82. The van der Waals surface area contributed by atoms with Crippen LogP contribution in [-0.2, 0) is 10.8 Å². The average Bonchev–Trinajstić information content (AvgIpc) is 2.07. The third kappa shape index (κ3) is 2.26. The van der Waals surface area contributed by atoms with Gasteiger partial charge in [-0.3, -0.25) is 0 Å². The minimum atomic E-state index is 0.467. The van der Waals surface area contributed by atoms with Crippen LogP contribution in [0, 0.1) is 11.3 Å². The van der Waals surface area contributed by atoms with Crippen LogP contribution >= 0.6 is 12.9 Å². The van der Waals surface area contributed by atoms with Gasteiger partial charge in [-0.05, 0) is 30.6 Å². The third-order valence-corrected chi connectivity index (χ3v) is 1.44. The lowest BCUT2D eigenvalue weighted by Crippen LogP contribution is -1.83. The van der Waals surface area contributed by atoms with E-state index >= 15 is 0 Å². The van der Waals surface area contributed by atoms with Crippen LogP contribution in [0.5, 0.6) is 0 Å². The summed E-state index contributed by atoms with van der Waals surface area (Å²) < 4.78 is 4.61. The summed E-state index contributed by atoms with van der Waals surface area (Å²) in [4.78, 5) is 0. The lowest BCUT2D eigenvalue weighted by molar-refractivity contribution is 0.372. The van der Waals surface area contributed by atoms with Gasteiger partial charge >= 0.3 is 0 Å². The molecule has 56 valence electrons. The van der Waals surface area contributed by atoms with Crippen molar-refractivity contribution in [3.05, 3.63) is 35.4 Å². The van der Waals surface area contributed by atoms with E-state index in [2.05, 4.69) is 17.1 Å². The molecule has 0 atom stereocenters. The summed E-state index contributed by atoms with van der Waals surface area (Å²) in [5.74, 6) is 0. The van der Waals surface area contributed by atoms with Crippen LogP contribution in [0.2, 0.25) is 0 Å². The van der Waals surface area contributed by atoms with Crippen molar-refractivity contribution in [2.24, 2.45) is 0 Å². The van der Waals surface area contributed by atoms with Gasteiger partial charge in [-0.2, -0.15) is 5.26 Å². The number of nitriles is 1. The molecule has 0 radical (unpaired) electrons. The van der Waals surface area contributed by atoms with E-state index in [1.54, 1.807) is 12.1 Å². The summed E-state index contributed by atoms with van der Waals surface area (Å²) in [5, 5.41) is 8.46. The highest BCUT2D eigenvalue weighted by Gasteiger charge is 1.91. The van der Waals surface area contributed by atoms with Crippen molar-refractivity contribution in [2.75, 3.05) is 0 Å². The van der Waals surface area contributed by atoms with Gasteiger partial charge in [0.2, 0.25) is 0 Å². The van der Waals surface area contributed by atoms with Crippen LogP contribution in [-0.4, -0.2) is 0 Å². The molecule has 0 aliphatic heterocycles. The molecule has 0 spiro atoms. The van der Waals surface area contributed by atoms with Crippen molar-refractivity contribution in [3.63, 3.8) is 0 Å². The van der Waals surface area contributed by atoms with Crippen LogP contribution in [0.4, 0.5) is 0 Å². The summed E-state index contributed by atoms with van der Waals surface area (Å²) in [6.07, 6.45) is 0. The van der Waals surface area contributed by atoms with E-state index < -0.39 is 0 Å². The maximum absolute atomic E-state index is 8.46. The highest BCUT2D eigenvalue weighted by molar-refractivity contribution is 7.75. The summed E-state index contributed by atoms with van der Waals surface area (Å²) in [6.45, 7) is 0.467. The van der Waals surface area contributed by atoms with Crippen molar-refractivity contribution in [3.8, 4) is 6.07 Å². The molecule has 0 heterocycles. The van der Waals surface area contributed by atoms with E-state index in [0.717, 1.165) is 5.56 Å². The smallest absolute Gasteiger partial charge is 0.0991 e. The minimum Gasteiger partial charge on any atom is -0.314 e. The van der Waals surface area contributed by atoms with Crippen molar-refractivity contribution < 1.29 is 4.18 Å². The molecule has 0 saturated carbocycles. The van der Waals surface area contributed by atoms with Crippen molar-refractivity contribution in [1.82, 2.24) is 0 Å². The predicted octanol–water partition coefficient (Wildman–Crippen LogP) is 1.92. The highest BCUT2D eigenvalue weighted by atomic mass is 32.1. The third-order valence-electron chi connectivity index (χ3n) is 1.31. The molecular formula is C8H7NOS. The van der Waals surface area contributed by atoms with E-state index in [1.165, 1.54) is 0 Å². The number of benzene rings is 1. The van der Waals surface area contributed by atoms with E-state index in [4.69, 9.17) is 5.26 Å². The Balaban J connectivity index is 2.76. The van der Waals surface area contributed by atoms with E-state index in [1.807, 2.05) is 18.2 Å². The average molecular weight is 165 g/mol. The molecule has 0 fully saturated rings. The van der Waals surface area contributed by atoms with Gasteiger partial charge in [-0.1, -0.05) is 12.1 Å². The molecule has 2 nitrogen and oxygen atoms in total. The van der Waals surface area contributed by atoms with Gasteiger partial charge in [0.05, 0.1) is 18.2 Å². The molecular weight excluding hydrogens is 158 g/mol. The summed E-state index contributed by atoms with van der Waals surface area (Å²) in [7, 11) is 0. The van der Waals surface area contributed by atoms with Gasteiger partial charge in [-0.15, -0.1) is 0 Å². The number of hydrogen-bond acceptors (Lipinski definition) is 3. The summed E-state index contributed by atoms with van der Waals surface area (Å²) in [6, 6.07) is 9.22. The maximum atomic E-state index is 8.46. The van der Waals surface area contributed by atoms with Crippen molar-refractivity contribution in [2.45, 2.75) is 6.61 Å². The Bertz CT molecular complexity index is 262. The Kier molecular flexibility index (Phi) is 2.96. The van der Waals surface area contributed by atoms with Crippen molar-refractivity contribution in [1.29, 1.82) is 5.26 Å². The Morgan fingerprint density at radius 2 is 2.00 bits per heavy atom. The normalized spacial score (nSPS) is 9.09. The first-order valence-electron chi connectivity index (χ1n) is 3.12. The molecule has 1 aromatic rings. The molecule has 0 saturated heterocycles. The van der Waals surface area contributed by atoms with Gasteiger partial charge in [0.15, 0.2) is 0 Å². The van der Waals surface area contributed by atoms with Crippen molar-refractivity contribution >= 4 is 12.9 Å². The number of nitrogens with zero attached hydrogens (tertiary/aromatic N) is 1. The number of thiol groups is 1. The second-order valence-electron chi connectivity index (χ2n) is 2.08. The molecule has 0 amide bonds. The fraction of sp³-hybridized carbons (Fsp3) is 0.125. The zero-order chi connectivity index (χ0) is 8.10. The molecule has 0 unspecified atom stereocenters. The summed E-state index contributed by atoms with van der Waals surface area (Å²) >= 11 is 3.62. The largest absolute Gasteiger partial charge is 0.314 e. The maximum Gasteiger partial charge on any atom is 0.0991 e. The van der Waals surface area contributed by atoms with Crippen LogP contribution in [0.15, 0.2) is 24.3 Å². The molecule has 11 heavy (non-hydrogen) atoms. The molecule has 0 aliphatic carbocycles. The first-order chi connectivity index (χ1) is 5.36. The molecule has 1 rings (SSSR count). The van der Waals surface area contributed by atoms with Gasteiger partial charge < -0.3 is 4.18 Å². The molecule has 0 bridgehead atoms. The standard InChI is InChI=1S/C8H7NOS/c9-5-7-1-3-8(4-2-7)6-10-11/h1-4,11H,6H2. The van der Waals surface area contributed by atoms with Gasteiger partial charge in [0.25, 0.3) is 0 Å². The van der Waals surface area contributed by atoms with E-state index in [0.29, 0.717) is 12.2 Å². The first kappa shape index (κ1) is 8.12. The lowest BCUT2D eigenvalue weighted by atomic mass is 10.2. The van der Waals surface area contributed by atoms with Crippen LogP contribution < -0.4 is 0 Å². The minimum absolute atomic E-state index is 0.467. The van der Waals surface area contributed by atoms with Gasteiger partial charge in [-0.25, -0.2) is 0 Å². The molecule has 3 heteroatoms. The van der Waals surface area contributed by atoms with Crippen LogP contribution in [0.25, 0.3) is 0 Å². The van der Waals surface area contributed by atoms with Gasteiger partial charge in [0, 0.05) is 0 Å². The van der Waals surface area contributed by atoms with E-state index in [-0.39, 0.29) is 0 Å². The Morgan fingerprint density at radius 1 is 1.36 bits per heavy atom. The Hall–Kier alpha value is -0.980. The fourth-order valence-electron chi connectivity index (χ4n) is 0.750. The zero-order valence-corrected chi connectivity index (χ0v) is 6.71. The predicted molar refractivity (Wildman–Crippen MR) is 44.9 cm³/mol. The van der Waals surface area contributed by atoms with Gasteiger partial charge in [0.1, 0.15) is 0 Å². The molecule has 0 aliphatic rings. The molecule has 0 aromatic heterocycles. The quantitative estimate of drug-likeness (QED) is 0.536. The Labute approximate surface area is 71.0 Å². The highest BCUT2D eigenvalue weighted by Crippen LogP contribution is 2.04. The van der Waals surface area contributed by atoms with Crippen LogP contribution in [0.1, 0.15) is 11.1 Å². The second kappa shape index (κ2) is 4.02. The monoisotopic (exact) mass is 165 g/mol. The lowest BCUT2D eigenvalue weighted by Gasteiger charge is -1.96. The van der Waals surface area contributed by atoms with Crippen LogP contribution in [0.3, 0.4) is 0 Å². The second-order valence-corrected chi connectivity index (χ2v) is 2.34. The summed E-state index contributed by atoms with van der Waals surface area (Å²) in [5.41, 5.74) is 1.67. The van der Waals surface area contributed by atoms with E-state index in [9.17, 15) is 0 Å². The number of rotatable bonds is 2. The Morgan fingerprint density at radius 3 is 2.45 bits per heavy atom.